The Balaban J connectivity index is 1.43. The maximum Gasteiger partial charge on any atom is 0.233 e. The number of rotatable bonds is 8. The predicted molar refractivity (Wildman–Crippen MR) is 119 cm³/mol. The standard InChI is InChI=1S/C20H26FN5O2S2/c1-3-14(4-2)18(28)22-19-23-24-20(30-19)29-13-17(27)26-11-9-25(10-12-26)16-7-5-15(21)6-8-16/h5-8,14H,3-4,9-13H2,1-2H3,(H,22,23,28). The summed E-state index contributed by atoms with van der Waals surface area (Å²) in [5.41, 5.74) is 0.967. The number of aromatic nitrogens is 2. The Morgan fingerprint density at radius 2 is 1.80 bits per heavy atom. The van der Waals surface area contributed by atoms with Gasteiger partial charge in [0.25, 0.3) is 0 Å². The van der Waals surface area contributed by atoms with Crippen molar-refractivity contribution in [1.29, 1.82) is 0 Å². The maximum atomic E-state index is 13.1. The first-order chi connectivity index (χ1) is 14.5. The summed E-state index contributed by atoms with van der Waals surface area (Å²) >= 11 is 2.62. The number of benzene rings is 1. The Morgan fingerprint density at radius 3 is 2.43 bits per heavy atom. The van der Waals surface area contributed by atoms with Gasteiger partial charge in [-0.1, -0.05) is 36.9 Å². The van der Waals surface area contributed by atoms with E-state index in [2.05, 4.69) is 20.4 Å². The lowest BCUT2D eigenvalue weighted by atomic mass is 10.0. The molecule has 3 rings (SSSR count). The van der Waals surface area contributed by atoms with E-state index in [0.29, 0.717) is 35.7 Å². The highest BCUT2D eigenvalue weighted by atomic mass is 32.2. The van der Waals surface area contributed by atoms with Crippen molar-refractivity contribution in [2.24, 2.45) is 5.92 Å². The second kappa shape index (κ2) is 10.7. The third-order valence-corrected chi connectivity index (χ3v) is 7.09. The molecule has 1 saturated heterocycles. The molecule has 1 N–H and O–H groups in total. The third-order valence-electron chi connectivity index (χ3n) is 5.14. The van der Waals surface area contributed by atoms with Gasteiger partial charge in [0.05, 0.1) is 5.75 Å². The molecule has 10 heteroatoms. The lowest BCUT2D eigenvalue weighted by Gasteiger charge is -2.36. The van der Waals surface area contributed by atoms with Crippen LogP contribution in [-0.2, 0) is 9.59 Å². The van der Waals surface area contributed by atoms with E-state index in [4.69, 9.17) is 0 Å². The van der Waals surface area contributed by atoms with Gasteiger partial charge < -0.3 is 15.1 Å². The van der Waals surface area contributed by atoms with E-state index in [9.17, 15) is 14.0 Å². The van der Waals surface area contributed by atoms with Crippen LogP contribution in [0.2, 0.25) is 0 Å². The lowest BCUT2D eigenvalue weighted by Crippen LogP contribution is -2.49. The van der Waals surface area contributed by atoms with E-state index in [1.165, 1.54) is 35.2 Å². The molecule has 1 fully saturated rings. The second-order valence-corrected chi connectivity index (χ2v) is 9.21. The van der Waals surface area contributed by atoms with Crippen molar-refractivity contribution in [1.82, 2.24) is 15.1 Å². The quantitative estimate of drug-likeness (QED) is 0.489. The van der Waals surface area contributed by atoms with Gasteiger partial charge in [-0.3, -0.25) is 9.59 Å². The number of carbonyl (C=O) groups is 2. The molecule has 30 heavy (non-hydrogen) atoms. The zero-order valence-electron chi connectivity index (χ0n) is 17.1. The molecule has 1 aromatic heterocycles. The molecule has 1 aliphatic rings. The molecule has 0 spiro atoms. The van der Waals surface area contributed by atoms with E-state index in [0.717, 1.165) is 18.5 Å². The first kappa shape index (κ1) is 22.5. The fourth-order valence-corrected chi connectivity index (χ4v) is 4.92. The van der Waals surface area contributed by atoms with Crippen molar-refractivity contribution in [3.05, 3.63) is 30.1 Å². The van der Waals surface area contributed by atoms with Gasteiger partial charge >= 0.3 is 0 Å². The first-order valence-corrected chi connectivity index (χ1v) is 11.9. The van der Waals surface area contributed by atoms with Crippen LogP contribution in [-0.4, -0.2) is 58.8 Å². The topological polar surface area (TPSA) is 78.4 Å². The Bertz CT molecular complexity index is 849. The normalized spacial score (nSPS) is 14.3. The van der Waals surface area contributed by atoms with E-state index in [1.54, 1.807) is 12.1 Å². The second-order valence-electron chi connectivity index (χ2n) is 7.01. The molecule has 0 bridgehead atoms. The highest BCUT2D eigenvalue weighted by Gasteiger charge is 2.22. The van der Waals surface area contributed by atoms with Crippen molar-refractivity contribution in [3.63, 3.8) is 0 Å². The van der Waals surface area contributed by atoms with Crippen LogP contribution in [0.4, 0.5) is 15.2 Å². The molecule has 2 aromatic rings. The average Bonchev–Trinajstić information content (AvgIpc) is 3.21. The van der Waals surface area contributed by atoms with Crippen molar-refractivity contribution in [2.75, 3.05) is 42.1 Å². The van der Waals surface area contributed by atoms with Gasteiger partial charge in [-0.2, -0.15) is 0 Å². The number of halogens is 1. The number of nitrogens with one attached hydrogen (secondary N) is 1. The fourth-order valence-electron chi connectivity index (χ4n) is 3.27. The molecule has 0 saturated carbocycles. The zero-order chi connectivity index (χ0) is 21.5. The summed E-state index contributed by atoms with van der Waals surface area (Å²) < 4.78 is 13.7. The van der Waals surface area contributed by atoms with Gasteiger partial charge in [-0.25, -0.2) is 4.39 Å². The molecule has 1 aliphatic heterocycles. The number of thioether (sulfide) groups is 1. The SMILES string of the molecule is CCC(CC)C(=O)Nc1nnc(SCC(=O)N2CCN(c3ccc(F)cc3)CC2)s1. The van der Waals surface area contributed by atoms with Crippen molar-refractivity contribution < 1.29 is 14.0 Å². The van der Waals surface area contributed by atoms with Crippen molar-refractivity contribution >= 4 is 45.7 Å². The number of nitrogens with zero attached hydrogens (tertiary/aromatic N) is 4. The van der Waals surface area contributed by atoms with E-state index in [-0.39, 0.29) is 29.3 Å². The van der Waals surface area contributed by atoms with Gasteiger partial charge in [0.15, 0.2) is 4.34 Å². The minimum atomic E-state index is -0.250. The average molecular weight is 452 g/mol. The zero-order valence-corrected chi connectivity index (χ0v) is 18.8. The minimum Gasteiger partial charge on any atom is -0.368 e. The largest absolute Gasteiger partial charge is 0.368 e. The molecular formula is C20H26FN5O2S2. The molecule has 2 amide bonds. The van der Waals surface area contributed by atoms with E-state index < -0.39 is 0 Å². The van der Waals surface area contributed by atoms with Crippen LogP contribution < -0.4 is 10.2 Å². The van der Waals surface area contributed by atoms with Crippen molar-refractivity contribution in [3.8, 4) is 0 Å². The van der Waals surface area contributed by atoms with Gasteiger partial charge in [-0.05, 0) is 37.1 Å². The van der Waals surface area contributed by atoms with Crippen LogP contribution in [0, 0.1) is 11.7 Å². The summed E-state index contributed by atoms with van der Waals surface area (Å²) in [5.74, 6) is 0.0187. The van der Waals surface area contributed by atoms with Crippen LogP contribution in [0.3, 0.4) is 0 Å². The van der Waals surface area contributed by atoms with Gasteiger partial charge in [0.2, 0.25) is 16.9 Å². The Labute approximate surface area is 184 Å². The van der Waals surface area contributed by atoms with Gasteiger partial charge in [0.1, 0.15) is 5.82 Å². The Hall–Kier alpha value is -2.20. The molecule has 0 unspecified atom stereocenters. The van der Waals surface area contributed by atoms with Crippen LogP contribution >= 0.6 is 23.1 Å². The van der Waals surface area contributed by atoms with Crippen LogP contribution in [0.1, 0.15) is 26.7 Å². The highest BCUT2D eigenvalue weighted by Crippen LogP contribution is 2.26. The van der Waals surface area contributed by atoms with Gasteiger partial charge in [-0.15, -0.1) is 10.2 Å². The molecule has 7 nitrogen and oxygen atoms in total. The number of anilines is 2. The van der Waals surface area contributed by atoms with Crippen molar-refractivity contribution in [2.45, 2.75) is 31.0 Å². The lowest BCUT2D eigenvalue weighted by molar-refractivity contribution is -0.128. The third kappa shape index (κ3) is 5.91. The van der Waals surface area contributed by atoms with E-state index in [1.807, 2.05) is 18.7 Å². The summed E-state index contributed by atoms with van der Waals surface area (Å²) in [7, 11) is 0. The number of hydrogen-bond acceptors (Lipinski definition) is 7. The molecular weight excluding hydrogens is 425 g/mol. The maximum absolute atomic E-state index is 13.1. The highest BCUT2D eigenvalue weighted by molar-refractivity contribution is 8.01. The smallest absolute Gasteiger partial charge is 0.233 e. The molecule has 2 heterocycles. The predicted octanol–water partition coefficient (Wildman–Crippen LogP) is 3.49. The van der Waals surface area contributed by atoms with Crippen LogP contribution in [0.5, 0.6) is 0 Å². The number of carbonyl (C=O) groups excluding carboxylic acids is 2. The number of piperazine rings is 1. The van der Waals surface area contributed by atoms with Crippen LogP contribution in [0.25, 0.3) is 0 Å². The summed E-state index contributed by atoms with van der Waals surface area (Å²) in [4.78, 5) is 28.7. The monoisotopic (exact) mass is 451 g/mol. The molecule has 1 aromatic carbocycles. The minimum absolute atomic E-state index is 0.0276. The summed E-state index contributed by atoms with van der Waals surface area (Å²) in [6.07, 6.45) is 1.57. The number of hydrogen-bond donors (Lipinski definition) is 1. The molecule has 0 aliphatic carbocycles. The fraction of sp³-hybridized carbons (Fsp3) is 0.500. The number of amides is 2. The summed E-state index contributed by atoms with van der Waals surface area (Å²) in [6, 6.07) is 6.43. The summed E-state index contributed by atoms with van der Waals surface area (Å²) in [5, 5.41) is 11.3. The molecule has 0 atom stereocenters. The first-order valence-electron chi connectivity index (χ1n) is 10.1. The van der Waals surface area contributed by atoms with E-state index >= 15 is 0 Å². The Kier molecular flexibility index (Phi) is 8.03. The Morgan fingerprint density at radius 1 is 1.13 bits per heavy atom. The van der Waals surface area contributed by atoms with Crippen LogP contribution in [0.15, 0.2) is 28.6 Å². The summed E-state index contributed by atoms with van der Waals surface area (Å²) in [6.45, 7) is 6.66. The molecule has 162 valence electrons. The van der Waals surface area contributed by atoms with Gasteiger partial charge in [0, 0.05) is 37.8 Å². The molecule has 0 radical (unpaired) electrons.